The molecule has 0 aliphatic carbocycles. The molecule has 4 rings (SSSR count). The zero-order chi connectivity index (χ0) is 20.6. The first-order chi connectivity index (χ1) is 14.8. The molecule has 3 heterocycles. The van der Waals surface area contributed by atoms with E-state index in [4.69, 9.17) is 18.9 Å². The number of aliphatic imine (C=N–C) groups is 1. The molecule has 0 bridgehead atoms. The SMILES string of the molecule is COCCN=C(NCCc1ccco1)N1CC2OCCN(Cc3ccccc3)C2C1.I. The second kappa shape index (κ2) is 12.4. The van der Waals surface area contributed by atoms with Crippen LogP contribution in [0.4, 0.5) is 0 Å². The number of fused-ring (bicyclic) bond motifs is 1. The third-order valence-corrected chi connectivity index (χ3v) is 5.74. The van der Waals surface area contributed by atoms with Crippen LogP contribution in [0.25, 0.3) is 0 Å². The van der Waals surface area contributed by atoms with Crippen molar-refractivity contribution in [1.82, 2.24) is 15.1 Å². The minimum absolute atomic E-state index is 0. The summed E-state index contributed by atoms with van der Waals surface area (Å²) in [6.45, 7) is 6.50. The molecule has 2 atom stereocenters. The minimum Gasteiger partial charge on any atom is -0.469 e. The number of likely N-dealkylation sites (tertiary alicyclic amines) is 1. The van der Waals surface area contributed by atoms with E-state index in [2.05, 4.69) is 45.4 Å². The van der Waals surface area contributed by atoms with Gasteiger partial charge >= 0.3 is 0 Å². The number of benzene rings is 1. The van der Waals surface area contributed by atoms with Crippen LogP contribution in [0.1, 0.15) is 11.3 Å². The van der Waals surface area contributed by atoms with Gasteiger partial charge in [0.25, 0.3) is 0 Å². The van der Waals surface area contributed by atoms with Gasteiger partial charge < -0.3 is 24.1 Å². The summed E-state index contributed by atoms with van der Waals surface area (Å²) in [7, 11) is 1.71. The quantitative estimate of drug-likeness (QED) is 0.241. The van der Waals surface area contributed by atoms with E-state index in [0.29, 0.717) is 19.2 Å². The molecule has 1 N–H and O–H groups in total. The Balaban J connectivity index is 0.00000272. The van der Waals surface area contributed by atoms with Gasteiger partial charge in [0.15, 0.2) is 5.96 Å². The number of furan rings is 1. The van der Waals surface area contributed by atoms with Gasteiger partial charge in [-0.1, -0.05) is 30.3 Å². The molecule has 2 aliphatic heterocycles. The Morgan fingerprint density at radius 3 is 2.84 bits per heavy atom. The fourth-order valence-electron chi connectivity index (χ4n) is 4.21. The third kappa shape index (κ3) is 6.68. The van der Waals surface area contributed by atoms with E-state index in [0.717, 1.165) is 57.5 Å². The number of hydrogen-bond donors (Lipinski definition) is 1. The first-order valence-corrected chi connectivity index (χ1v) is 10.8. The smallest absolute Gasteiger partial charge is 0.194 e. The molecule has 8 heteroatoms. The number of nitrogens with one attached hydrogen (secondary N) is 1. The van der Waals surface area contributed by atoms with Crippen molar-refractivity contribution in [1.29, 1.82) is 0 Å². The maximum atomic E-state index is 6.13. The predicted molar refractivity (Wildman–Crippen MR) is 132 cm³/mol. The van der Waals surface area contributed by atoms with Crippen LogP contribution >= 0.6 is 24.0 Å². The summed E-state index contributed by atoms with van der Waals surface area (Å²) < 4.78 is 16.8. The lowest BCUT2D eigenvalue weighted by molar-refractivity contribution is -0.0502. The van der Waals surface area contributed by atoms with Crippen molar-refractivity contribution in [2.24, 2.45) is 4.99 Å². The number of hydrogen-bond acceptors (Lipinski definition) is 5. The molecule has 31 heavy (non-hydrogen) atoms. The van der Waals surface area contributed by atoms with Gasteiger partial charge in [-0.15, -0.1) is 24.0 Å². The van der Waals surface area contributed by atoms with Crippen molar-refractivity contribution in [2.45, 2.75) is 25.1 Å². The molecule has 170 valence electrons. The summed E-state index contributed by atoms with van der Waals surface area (Å²) in [4.78, 5) is 9.67. The minimum atomic E-state index is 0. The Hall–Kier alpha value is -1.62. The number of methoxy groups -OCH3 is 1. The number of morpholine rings is 1. The maximum absolute atomic E-state index is 6.13. The van der Waals surface area contributed by atoms with E-state index >= 15 is 0 Å². The van der Waals surface area contributed by atoms with Crippen molar-refractivity contribution >= 4 is 29.9 Å². The lowest BCUT2D eigenvalue weighted by Gasteiger charge is -2.36. The predicted octanol–water partition coefficient (Wildman–Crippen LogP) is 2.62. The highest BCUT2D eigenvalue weighted by atomic mass is 127. The van der Waals surface area contributed by atoms with Crippen molar-refractivity contribution in [3.8, 4) is 0 Å². The van der Waals surface area contributed by atoms with Gasteiger partial charge in [-0.3, -0.25) is 9.89 Å². The third-order valence-electron chi connectivity index (χ3n) is 5.74. The van der Waals surface area contributed by atoms with Crippen LogP contribution in [0.15, 0.2) is 58.1 Å². The normalized spacial score (nSPS) is 21.6. The summed E-state index contributed by atoms with van der Waals surface area (Å²) in [6.07, 6.45) is 2.75. The van der Waals surface area contributed by atoms with Crippen LogP contribution in [0.5, 0.6) is 0 Å². The zero-order valence-corrected chi connectivity index (χ0v) is 20.4. The highest BCUT2D eigenvalue weighted by Crippen LogP contribution is 2.24. The second-order valence-corrected chi connectivity index (χ2v) is 7.79. The van der Waals surface area contributed by atoms with Crippen LogP contribution in [0.2, 0.25) is 0 Å². The Labute approximate surface area is 201 Å². The van der Waals surface area contributed by atoms with Gasteiger partial charge in [-0.2, -0.15) is 0 Å². The number of guanidine groups is 1. The molecule has 0 spiro atoms. The van der Waals surface area contributed by atoms with E-state index in [1.54, 1.807) is 13.4 Å². The summed E-state index contributed by atoms with van der Waals surface area (Å²) in [6, 6.07) is 15.0. The second-order valence-electron chi connectivity index (χ2n) is 7.79. The molecule has 7 nitrogen and oxygen atoms in total. The molecule has 1 aromatic heterocycles. The average Bonchev–Trinajstić information content (AvgIpc) is 3.44. The van der Waals surface area contributed by atoms with E-state index in [9.17, 15) is 0 Å². The molecular weight excluding hydrogens is 507 g/mol. The summed E-state index contributed by atoms with van der Waals surface area (Å²) in [5.74, 6) is 1.91. The standard InChI is InChI=1S/C23H32N4O3.HI/c1-28-14-11-25-23(24-10-9-20-8-5-13-29-20)27-17-21-22(18-27)30-15-12-26(21)16-19-6-3-2-4-7-19;/h2-8,13,21-22H,9-12,14-18H2,1H3,(H,24,25);1H. The van der Waals surface area contributed by atoms with Gasteiger partial charge in [-0.05, 0) is 17.7 Å². The first kappa shape index (κ1) is 24.0. The van der Waals surface area contributed by atoms with E-state index in [1.165, 1.54) is 5.56 Å². The molecule has 2 aromatic rings. The number of halogens is 1. The molecule has 1 aromatic carbocycles. The van der Waals surface area contributed by atoms with E-state index in [-0.39, 0.29) is 30.1 Å². The lowest BCUT2D eigenvalue weighted by Crippen LogP contribution is -2.50. The zero-order valence-electron chi connectivity index (χ0n) is 18.1. The molecule has 2 fully saturated rings. The molecule has 0 saturated carbocycles. The fraction of sp³-hybridized carbons (Fsp3) is 0.522. The molecule has 2 unspecified atom stereocenters. The molecule has 0 radical (unpaired) electrons. The van der Waals surface area contributed by atoms with Gasteiger partial charge in [0.1, 0.15) is 5.76 Å². The average molecular weight is 540 g/mol. The topological polar surface area (TPSA) is 62.5 Å². The van der Waals surface area contributed by atoms with Gasteiger partial charge in [-0.25, -0.2) is 0 Å². The Morgan fingerprint density at radius 1 is 1.19 bits per heavy atom. The number of rotatable bonds is 8. The Morgan fingerprint density at radius 2 is 2.06 bits per heavy atom. The summed E-state index contributed by atoms with van der Waals surface area (Å²) >= 11 is 0. The Kier molecular flexibility index (Phi) is 9.63. The van der Waals surface area contributed by atoms with Crippen LogP contribution < -0.4 is 5.32 Å². The van der Waals surface area contributed by atoms with Crippen molar-refractivity contribution in [3.05, 3.63) is 60.1 Å². The molecule has 2 saturated heterocycles. The first-order valence-electron chi connectivity index (χ1n) is 10.8. The largest absolute Gasteiger partial charge is 0.469 e. The van der Waals surface area contributed by atoms with Crippen LogP contribution in [0, 0.1) is 0 Å². The Bertz CT molecular complexity index is 787. The molecular formula is C23H33IN4O3. The van der Waals surface area contributed by atoms with Crippen molar-refractivity contribution in [2.75, 3.05) is 53.0 Å². The lowest BCUT2D eigenvalue weighted by atomic mass is 10.1. The number of ether oxygens (including phenoxy) is 2. The van der Waals surface area contributed by atoms with E-state index < -0.39 is 0 Å². The van der Waals surface area contributed by atoms with Crippen LogP contribution in [0.3, 0.4) is 0 Å². The van der Waals surface area contributed by atoms with Gasteiger partial charge in [0, 0.05) is 46.3 Å². The van der Waals surface area contributed by atoms with Crippen molar-refractivity contribution < 1.29 is 13.9 Å². The molecule has 2 aliphatic rings. The highest BCUT2D eigenvalue weighted by Gasteiger charge is 2.41. The fourth-order valence-corrected chi connectivity index (χ4v) is 4.21. The van der Waals surface area contributed by atoms with Crippen LogP contribution in [-0.2, 0) is 22.4 Å². The summed E-state index contributed by atoms with van der Waals surface area (Å²) in [5.41, 5.74) is 1.35. The highest BCUT2D eigenvalue weighted by molar-refractivity contribution is 14.0. The van der Waals surface area contributed by atoms with Gasteiger partial charge in [0.05, 0.1) is 38.2 Å². The van der Waals surface area contributed by atoms with Crippen molar-refractivity contribution in [3.63, 3.8) is 0 Å². The maximum Gasteiger partial charge on any atom is 0.194 e. The number of nitrogens with zero attached hydrogens (tertiary/aromatic N) is 3. The van der Waals surface area contributed by atoms with E-state index in [1.807, 2.05) is 12.1 Å². The monoisotopic (exact) mass is 540 g/mol. The van der Waals surface area contributed by atoms with Crippen LogP contribution in [-0.4, -0.2) is 81.0 Å². The molecule has 0 amide bonds. The summed E-state index contributed by atoms with van der Waals surface area (Å²) in [5, 5.41) is 3.52. The van der Waals surface area contributed by atoms with Gasteiger partial charge in [0.2, 0.25) is 0 Å².